The number of nitrogens with one attached hydrogen (secondary N) is 2. The summed E-state index contributed by atoms with van der Waals surface area (Å²) in [6.07, 6.45) is 0. The summed E-state index contributed by atoms with van der Waals surface area (Å²) in [5.41, 5.74) is 2.81. The molecule has 7 heteroatoms. The highest BCUT2D eigenvalue weighted by Crippen LogP contribution is 2.21. The third kappa shape index (κ3) is 6.94. The number of hydrogen-bond acceptors (Lipinski definition) is 3. The highest BCUT2D eigenvalue weighted by atomic mass is 127. The summed E-state index contributed by atoms with van der Waals surface area (Å²) < 4.78 is 19.3. The van der Waals surface area contributed by atoms with Crippen molar-refractivity contribution in [1.82, 2.24) is 15.5 Å². The molecule has 0 aliphatic carbocycles. The Morgan fingerprint density at radius 1 is 1.14 bits per heavy atom. The molecule has 0 bridgehead atoms. The SMILES string of the molecule is CN=C(NCc1ccc(C)c(F)c1)NCC(c1ccccc1)N1CCOCC1.I. The van der Waals surface area contributed by atoms with Crippen molar-refractivity contribution in [3.8, 4) is 0 Å². The largest absolute Gasteiger partial charge is 0.379 e. The number of rotatable bonds is 6. The van der Waals surface area contributed by atoms with Crippen LogP contribution in [0.15, 0.2) is 53.5 Å². The topological polar surface area (TPSA) is 48.9 Å². The van der Waals surface area contributed by atoms with Gasteiger partial charge in [-0.1, -0.05) is 42.5 Å². The fourth-order valence-electron chi connectivity index (χ4n) is 3.37. The van der Waals surface area contributed by atoms with Crippen LogP contribution in [0.4, 0.5) is 4.39 Å². The molecule has 1 saturated heterocycles. The van der Waals surface area contributed by atoms with E-state index in [1.807, 2.05) is 12.1 Å². The Balaban J connectivity index is 0.00000300. The second-order valence-electron chi connectivity index (χ2n) is 6.97. The van der Waals surface area contributed by atoms with Gasteiger partial charge in [0.15, 0.2) is 5.96 Å². The van der Waals surface area contributed by atoms with Gasteiger partial charge in [-0.25, -0.2) is 4.39 Å². The number of nitrogens with zero attached hydrogens (tertiary/aromatic N) is 2. The Hall–Kier alpha value is -1.71. The summed E-state index contributed by atoms with van der Waals surface area (Å²) in [7, 11) is 1.75. The molecule has 158 valence electrons. The minimum Gasteiger partial charge on any atom is -0.379 e. The van der Waals surface area contributed by atoms with E-state index in [1.54, 1.807) is 26.1 Å². The van der Waals surface area contributed by atoms with Crippen LogP contribution in [-0.4, -0.2) is 50.8 Å². The molecule has 0 radical (unpaired) electrons. The van der Waals surface area contributed by atoms with Crippen LogP contribution in [0.3, 0.4) is 0 Å². The number of morpholine rings is 1. The summed E-state index contributed by atoms with van der Waals surface area (Å²) in [6, 6.07) is 16.0. The van der Waals surface area contributed by atoms with Crippen molar-refractivity contribution < 1.29 is 9.13 Å². The highest BCUT2D eigenvalue weighted by Gasteiger charge is 2.22. The molecule has 1 fully saturated rings. The summed E-state index contributed by atoms with van der Waals surface area (Å²) >= 11 is 0. The molecule has 1 unspecified atom stereocenters. The minimum absolute atomic E-state index is 0. The average Bonchev–Trinajstić information content (AvgIpc) is 2.74. The maximum absolute atomic E-state index is 13.7. The van der Waals surface area contributed by atoms with Gasteiger partial charge in [-0.15, -0.1) is 24.0 Å². The van der Waals surface area contributed by atoms with Crippen molar-refractivity contribution in [1.29, 1.82) is 0 Å². The van der Waals surface area contributed by atoms with Crippen molar-refractivity contribution in [2.24, 2.45) is 4.99 Å². The molecule has 0 amide bonds. The molecule has 3 rings (SSSR count). The lowest BCUT2D eigenvalue weighted by Gasteiger charge is -2.35. The Kier molecular flexibility index (Phi) is 9.83. The third-order valence-corrected chi connectivity index (χ3v) is 5.05. The molecule has 2 aromatic rings. The maximum Gasteiger partial charge on any atom is 0.191 e. The first-order valence-electron chi connectivity index (χ1n) is 9.73. The Morgan fingerprint density at radius 3 is 2.52 bits per heavy atom. The molecule has 1 atom stereocenters. The zero-order valence-corrected chi connectivity index (χ0v) is 19.4. The van der Waals surface area contributed by atoms with Crippen LogP contribution >= 0.6 is 24.0 Å². The van der Waals surface area contributed by atoms with E-state index in [4.69, 9.17) is 4.74 Å². The molecule has 5 nitrogen and oxygen atoms in total. The molecule has 0 saturated carbocycles. The minimum atomic E-state index is -0.182. The molecule has 1 aliphatic rings. The van der Waals surface area contributed by atoms with Crippen LogP contribution in [0, 0.1) is 12.7 Å². The Labute approximate surface area is 189 Å². The van der Waals surface area contributed by atoms with Crippen LogP contribution in [0.2, 0.25) is 0 Å². The highest BCUT2D eigenvalue weighted by molar-refractivity contribution is 14.0. The molecule has 1 aliphatic heterocycles. The van der Waals surface area contributed by atoms with E-state index in [2.05, 4.69) is 44.8 Å². The van der Waals surface area contributed by atoms with Crippen molar-refractivity contribution in [3.63, 3.8) is 0 Å². The number of benzene rings is 2. The van der Waals surface area contributed by atoms with E-state index in [0.29, 0.717) is 18.1 Å². The van der Waals surface area contributed by atoms with E-state index in [1.165, 1.54) is 5.56 Å². The molecule has 29 heavy (non-hydrogen) atoms. The number of aryl methyl sites for hydroxylation is 1. The molecular weight excluding hydrogens is 482 g/mol. The van der Waals surface area contributed by atoms with E-state index < -0.39 is 0 Å². The standard InChI is InChI=1S/C22H29FN4O.HI/c1-17-8-9-18(14-20(17)23)15-25-22(24-2)26-16-21(19-6-4-3-5-7-19)27-10-12-28-13-11-27;/h3-9,14,21H,10-13,15-16H2,1-2H3,(H2,24,25,26);1H. The second kappa shape index (κ2) is 12.1. The summed E-state index contributed by atoms with van der Waals surface area (Å²) in [4.78, 5) is 6.75. The van der Waals surface area contributed by atoms with Gasteiger partial charge in [-0.05, 0) is 29.7 Å². The lowest BCUT2D eigenvalue weighted by Crippen LogP contribution is -2.46. The van der Waals surface area contributed by atoms with E-state index in [-0.39, 0.29) is 35.8 Å². The van der Waals surface area contributed by atoms with Gasteiger partial charge in [0.05, 0.1) is 19.3 Å². The lowest BCUT2D eigenvalue weighted by molar-refractivity contribution is 0.0170. The van der Waals surface area contributed by atoms with Crippen LogP contribution in [-0.2, 0) is 11.3 Å². The fourth-order valence-corrected chi connectivity index (χ4v) is 3.37. The average molecular weight is 512 g/mol. The molecule has 1 heterocycles. The quantitative estimate of drug-likeness (QED) is 0.354. The number of ether oxygens (including phenoxy) is 1. The van der Waals surface area contributed by atoms with Crippen molar-refractivity contribution in [3.05, 3.63) is 71.0 Å². The molecule has 2 N–H and O–H groups in total. The van der Waals surface area contributed by atoms with Crippen molar-refractivity contribution in [2.75, 3.05) is 39.9 Å². The first-order valence-corrected chi connectivity index (χ1v) is 9.73. The van der Waals surface area contributed by atoms with Crippen molar-refractivity contribution >= 4 is 29.9 Å². The first-order chi connectivity index (χ1) is 13.7. The second-order valence-corrected chi connectivity index (χ2v) is 6.97. The van der Waals surface area contributed by atoms with Crippen LogP contribution in [0.1, 0.15) is 22.7 Å². The third-order valence-electron chi connectivity index (χ3n) is 5.05. The number of guanidine groups is 1. The normalized spacial score (nSPS) is 16.0. The first kappa shape index (κ1) is 23.6. The van der Waals surface area contributed by atoms with Gasteiger partial charge in [-0.2, -0.15) is 0 Å². The summed E-state index contributed by atoms with van der Waals surface area (Å²) in [5, 5.41) is 6.70. The Morgan fingerprint density at radius 2 is 1.86 bits per heavy atom. The van der Waals surface area contributed by atoms with Crippen LogP contribution in [0.25, 0.3) is 0 Å². The smallest absolute Gasteiger partial charge is 0.191 e. The van der Waals surface area contributed by atoms with Gasteiger partial charge in [0, 0.05) is 33.2 Å². The monoisotopic (exact) mass is 512 g/mol. The summed E-state index contributed by atoms with van der Waals surface area (Å²) in [6.45, 7) is 6.36. The van der Waals surface area contributed by atoms with Gasteiger partial charge in [0.2, 0.25) is 0 Å². The fraction of sp³-hybridized carbons (Fsp3) is 0.409. The zero-order valence-electron chi connectivity index (χ0n) is 17.0. The zero-order chi connectivity index (χ0) is 19.8. The van der Waals surface area contributed by atoms with Gasteiger partial charge in [-0.3, -0.25) is 9.89 Å². The van der Waals surface area contributed by atoms with Gasteiger partial charge >= 0.3 is 0 Å². The molecule has 2 aromatic carbocycles. The van der Waals surface area contributed by atoms with Crippen LogP contribution in [0.5, 0.6) is 0 Å². The van der Waals surface area contributed by atoms with Gasteiger partial charge < -0.3 is 15.4 Å². The number of halogens is 2. The predicted octanol–water partition coefficient (Wildman–Crippen LogP) is 3.49. The van der Waals surface area contributed by atoms with Crippen molar-refractivity contribution in [2.45, 2.75) is 19.5 Å². The van der Waals surface area contributed by atoms with E-state index in [9.17, 15) is 4.39 Å². The molecule has 0 aromatic heterocycles. The number of aliphatic imine (C=N–C) groups is 1. The van der Waals surface area contributed by atoms with Gasteiger partial charge in [0.1, 0.15) is 5.82 Å². The maximum atomic E-state index is 13.7. The predicted molar refractivity (Wildman–Crippen MR) is 126 cm³/mol. The van der Waals surface area contributed by atoms with Crippen LogP contribution < -0.4 is 10.6 Å². The van der Waals surface area contributed by atoms with E-state index >= 15 is 0 Å². The molecule has 0 spiro atoms. The lowest BCUT2D eigenvalue weighted by atomic mass is 10.0. The van der Waals surface area contributed by atoms with E-state index in [0.717, 1.165) is 38.4 Å². The summed E-state index contributed by atoms with van der Waals surface area (Å²) in [5.74, 6) is 0.522. The Bertz CT molecular complexity index is 782. The molecular formula is C22H30FIN4O. The number of hydrogen-bond donors (Lipinski definition) is 2. The van der Waals surface area contributed by atoms with Gasteiger partial charge in [0.25, 0.3) is 0 Å².